The normalized spacial score (nSPS) is 11.9. The number of rotatable bonds is 4. The average Bonchev–Trinajstić information content (AvgIpc) is 2.84. The van der Waals surface area contributed by atoms with Crippen LogP contribution in [0, 0.1) is 0 Å². The molecule has 19 heavy (non-hydrogen) atoms. The van der Waals surface area contributed by atoms with E-state index < -0.39 is 10.0 Å². The Balaban J connectivity index is 2.32. The molecule has 0 aliphatic rings. The number of nitrogen functional groups attached to an aromatic ring is 1. The minimum atomic E-state index is -3.47. The van der Waals surface area contributed by atoms with Crippen molar-refractivity contribution < 1.29 is 8.42 Å². The maximum Gasteiger partial charge on any atom is 0.242 e. The molecule has 0 bridgehead atoms. The summed E-state index contributed by atoms with van der Waals surface area (Å²) in [7, 11) is -0.520. The van der Waals surface area contributed by atoms with Gasteiger partial charge in [0.05, 0.1) is 4.90 Å². The molecule has 9 heteroatoms. The van der Waals surface area contributed by atoms with Crippen LogP contribution >= 0.6 is 11.8 Å². The van der Waals surface area contributed by atoms with Crippen molar-refractivity contribution >= 4 is 27.5 Å². The van der Waals surface area contributed by atoms with Gasteiger partial charge in [-0.25, -0.2) is 17.7 Å². The fourth-order valence-corrected chi connectivity index (χ4v) is 3.00. The summed E-state index contributed by atoms with van der Waals surface area (Å²) in [5.41, 5.74) is 6.25. The number of nitrogens with one attached hydrogen (secondary N) is 1. The van der Waals surface area contributed by atoms with E-state index in [4.69, 9.17) is 5.73 Å². The summed E-state index contributed by atoms with van der Waals surface area (Å²) >= 11 is 1.29. The summed E-state index contributed by atoms with van der Waals surface area (Å²) in [6.45, 7) is 0. The number of hydrogen-bond acceptors (Lipinski definition) is 6. The van der Waals surface area contributed by atoms with Crippen LogP contribution in [0.2, 0.25) is 0 Å². The Morgan fingerprint density at radius 1 is 1.37 bits per heavy atom. The number of H-pyrrole nitrogens is 1. The topological polar surface area (TPSA) is 105 Å². The van der Waals surface area contributed by atoms with Crippen molar-refractivity contribution in [1.82, 2.24) is 19.5 Å². The van der Waals surface area contributed by atoms with Gasteiger partial charge in [-0.3, -0.25) is 5.10 Å². The van der Waals surface area contributed by atoms with Gasteiger partial charge >= 0.3 is 0 Å². The molecule has 0 atom stereocenters. The van der Waals surface area contributed by atoms with Crippen molar-refractivity contribution in [2.75, 3.05) is 19.8 Å². The smallest absolute Gasteiger partial charge is 0.242 e. The summed E-state index contributed by atoms with van der Waals surface area (Å²) < 4.78 is 25.0. The molecule has 3 N–H and O–H groups in total. The van der Waals surface area contributed by atoms with Crippen LogP contribution in [0.4, 0.5) is 5.69 Å². The van der Waals surface area contributed by atoms with Gasteiger partial charge in [-0.15, -0.1) is 0 Å². The number of aromatic amines is 1. The summed E-state index contributed by atoms with van der Waals surface area (Å²) in [5, 5.41) is 7.02. The second-order valence-corrected chi connectivity index (χ2v) is 7.06. The van der Waals surface area contributed by atoms with Crippen molar-refractivity contribution in [1.29, 1.82) is 0 Å². The molecule has 0 amide bonds. The van der Waals surface area contributed by atoms with Gasteiger partial charge in [-0.05, 0) is 30.0 Å². The molecule has 0 saturated heterocycles. The lowest BCUT2D eigenvalue weighted by Gasteiger charge is -2.12. The molecule has 2 rings (SSSR count). The molecule has 1 heterocycles. The molecule has 0 saturated carbocycles. The fourth-order valence-electron chi connectivity index (χ4n) is 1.34. The van der Waals surface area contributed by atoms with Crippen LogP contribution in [0.25, 0.3) is 0 Å². The average molecular weight is 299 g/mol. The predicted octanol–water partition coefficient (Wildman–Crippen LogP) is 0.788. The van der Waals surface area contributed by atoms with Crippen LogP contribution in [0.15, 0.2) is 39.5 Å². The van der Waals surface area contributed by atoms with E-state index in [0.717, 1.165) is 9.20 Å². The first kappa shape index (κ1) is 13.8. The van der Waals surface area contributed by atoms with Crippen molar-refractivity contribution in [3.8, 4) is 0 Å². The van der Waals surface area contributed by atoms with Gasteiger partial charge in [0.2, 0.25) is 10.0 Å². The first-order chi connectivity index (χ1) is 8.91. The fraction of sp³-hybridized carbons (Fsp3) is 0.200. The Hall–Kier alpha value is -1.58. The van der Waals surface area contributed by atoms with Gasteiger partial charge in [0.25, 0.3) is 0 Å². The van der Waals surface area contributed by atoms with E-state index in [1.54, 1.807) is 6.07 Å². The minimum absolute atomic E-state index is 0.164. The van der Waals surface area contributed by atoms with E-state index in [-0.39, 0.29) is 4.90 Å². The third kappa shape index (κ3) is 2.88. The van der Waals surface area contributed by atoms with E-state index in [9.17, 15) is 8.42 Å². The third-order valence-electron chi connectivity index (χ3n) is 2.36. The Morgan fingerprint density at radius 2 is 2.11 bits per heavy atom. The summed E-state index contributed by atoms with van der Waals surface area (Å²) in [6, 6.07) is 4.61. The van der Waals surface area contributed by atoms with E-state index in [1.165, 1.54) is 44.3 Å². The highest BCUT2D eigenvalue weighted by molar-refractivity contribution is 7.99. The van der Waals surface area contributed by atoms with Crippen molar-refractivity contribution in [3.05, 3.63) is 24.5 Å². The monoisotopic (exact) mass is 299 g/mol. The van der Waals surface area contributed by atoms with E-state index in [2.05, 4.69) is 15.2 Å². The molecule has 0 unspecified atom stereocenters. The van der Waals surface area contributed by atoms with Gasteiger partial charge in [0.1, 0.15) is 6.33 Å². The van der Waals surface area contributed by atoms with Gasteiger partial charge in [0.15, 0.2) is 5.16 Å². The number of anilines is 1. The quantitative estimate of drug-likeness (QED) is 0.809. The van der Waals surface area contributed by atoms with Gasteiger partial charge in [-0.2, -0.15) is 5.10 Å². The summed E-state index contributed by atoms with van der Waals surface area (Å²) in [6.07, 6.45) is 1.39. The molecule has 102 valence electrons. The largest absolute Gasteiger partial charge is 0.398 e. The number of nitrogens with zero attached hydrogens (tertiary/aromatic N) is 3. The lowest BCUT2D eigenvalue weighted by Crippen LogP contribution is -2.22. The number of benzene rings is 1. The van der Waals surface area contributed by atoms with Crippen LogP contribution in [0.3, 0.4) is 0 Å². The molecule has 1 aromatic carbocycles. The minimum Gasteiger partial charge on any atom is -0.398 e. The summed E-state index contributed by atoms with van der Waals surface area (Å²) in [4.78, 5) is 4.85. The molecular weight excluding hydrogens is 286 g/mol. The zero-order chi connectivity index (χ0) is 14.0. The van der Waals surface area contributed by atoms with Crippen molar-refractivity contribution in [3.63, 3.8) is 0 Å². The van der Waals surface area contributed by atoms with Crippen LogP contribution in [0.1, 0.15) is 0 Å². The van der Waals surface area contributed by atoms with Crippen LogP contribution < -0.4 is 5.73 Å². The van der Waals surface area contributed by atoms with E-state index >= 15 is 0 Å². The molecule has 0 spiro atoms. The Kier molecular flexibility index (Phi) is 3.78. The van der Waals surface area contributed by atoms with Crippen LogP contribution in [-0.2, 0) is 10.0 Å². The van der Waals surface area contributed by atoms with Gasteiger partial charge in [0, 0.05) is 24.7 Å². The molecule has 0 fully saturated rings. The molecule has 1 aromatic heterocycles. The standard InChI is InChI=1S/C10H13N5O2S2/c1-15(2)19(16,17)7-3-4-9(8(11)5-7)18-10-12-6-13-14-10/h3-6H,11H2,1-2H3,(H,12,13,14). The lowest BCUT2D eigenvalue weighted by molar-refractivity contribution is 0.520. The molecule has 2 aromatic rings. The highest BCUT2D eigenvalue weighted by atomic mass is 32.2. The molecule has 0 radical (unpaired) electrons. The predicted molar refractivity (Wildman–Crippen MR) is 72.2 cm³/mol. The van der Waals surface area contributed by atoms with Crippen molar-refractivity contribution in [2.24, 2.45) is 0 Å². The highest BCUT2D eigenvalue weighted by Crippen LogP contribution is 2.31. The van der Waals surface area contributed by atoms with Crippen LogP contribution in [-0.4, -0.2) is 42.0 Å². The molecular formula is C10H13N5O2S2. The lowest BCUT2D eigenvalue weighted by atomic mass is 10.3. The number of hydrogen-bond donors (Lipinski definition) is 2. The highest BCUT2D eigenvalue weighted by Gasteiger charge is 2.18. The number of aromatic nitrogens is 3. The maximum atomic E-state index is 11.9. The van der Waals surface area contributed by atoms with E-state index in [1.807, 2.05) is 0 Å². The Bertz CT molecular complexity index is 667. The second-order valence-electron chi connectivity index (χ2n) is 3.88. The SMILES string of the molecule is CN(C)S(=O)(=O)c1ccc(Sc2ncn[nH]2)c(N)c1. The number of sulfonamides is 1. The Labute approximate surface area is 115 Å². The second kappa shape index (κ2) is 5.19. The first-order valence-corrected chi connectivity index (χ1v) is 7.52. The van der Waals surface area contributed by atoms with Crippen molar-refractivity contribution in [2.45, 2.75) is 14.9 Å². The maximum absolute atomic E-state index is 11.9. The first-order valence-electron chi connectivity index (χ1n) is 5.26. The van der Waals surface area contributed by atoms with E-state index in [0.29, 0.717) is 10.8 Å². The van der Waals surface area contributed by atoms with Crippen LogP contribution in [0.5, 0.6) is 0 Å². The molecule has 0 aliphatic heterocycles. The van der Waals surface area contributed by atoms with Gasteiger partial charge < -0.3 is 5.73 Å². The Morgan fingerprint density at radius 3 is 2.63 bits per heavy atom. The number of nitrogens with two attached hydrogens (primary N) is 1. The zero-order valence-electron chi connectivity index (χ0n) is 10.4. The third-order valence-corrected chi connectivity index (χ3v) is 5.15. The summed E-state index contributed by atoms with van der Waals surface area (Å²) in [5.74, 6) is 0. The van der Waals surface area contributed by atoms with Gasteiger partial charge in [-0.1, -0.05) is 0 Å². The molecule has 0 aliphatic carbocycles. The zero-order valence-corrected chi connectivity index (χ0v) is 12.0. The molecule has 7 nitrogen and oxygen atoms in total.